The molecule has 150 valence electrons. The molecule has 4 rings (SSSR count). The van der Waals surface area contributed by atoms with E-state index in [1.165, 1.54) is 0 Å². The van der Waals surface area contributed by atoms with Gasteiger partial charge in [-0.05, 0) is 59.7 Å². The Kier molecular flexibility index (Phi) is 5.57. The summed E-state index contributed by atoms with van der Waals surface area (Å²) in [6.07, 6.45) is 3.19. The lowest BCUT2D eigenvalue weighted by atomic mass is 10.0. The van der Waals surface area contributed by atoms with Crippen molar-refractivity contribution in [2.45, 2.75) is 6.23 Å². The number of nitrogens with one attached hydrogen (secondary N) is 1. The van der Waals surface area contributed by atoms with Crippen molar-refractivity contribution in [1.82, 2.24) is 5.32 Å². The van der Waals surface area contributed by atoms with Crippen LogP contribution in [0.2, 0.25) is 0 Å². The van der Waals surface area contributed by atoms with Gasteiger partial charge in [-0.15, -0.1) is 0 Å². The molecule has 4 heteroatoms. The van der Waals surface area contributed by atoms with E-state index in [0.29, 0.717) is 5.76 Å². The highest BCUT2D eigenvalue weighted by atomic mass is 16.5. The third kappa shape index (κ3) is 4.08. The molecule has 1 aliphatic rings. The van der Waals surface area contributed by atoms with Crippen LogP contribution in [-0.4, -0.2) is 7.11 Å². The molecule has 1 atom stereocenters. The molecule has 0 spiro atoms. The van der Waals surface area contributed by atoms with Crippen LogP contribution in [0.1, 0.15) is 11.8 Å². The summed E-state index contributed by atoms with van der Waals surface area (Å²) in [5.41, 5.74) is 4.12. The fourth-order valence-electron chi connectivity index (χ4n) is 3.25. The first-order valence-corrected chi connectivity index (χ1v) is 9.65. The van der Waals surface area contributed by atoms with Gasteiger partial charge in [0.25, 0.3) is 0 Å². The van der Waals surface area contributed by atoms with Gasteiger partial charge < -0.3 is 19.5 Å². The van der Waals surface area contributed by atoms with E-state index >= 15 is 0 Å². The number of methoxy groups -OCH3 is 1. The van der Waals surface area contributed by atoms with E-state index in [9.17, 15) is 0 Å². The van der Waals surface area contributed by atoms with Gasteiger partial charge in [0.15, 0.2) is 6.23 Å². The number of rotatable bonds is 7. The highest BCUT2D eigenvalue weighted by Crippen LogP contribution is 2.31. The van der Waals surface area contributed by atoms with Gasteiger partial charge in [0.2, 0.25) is 0 Å². The first-order chi connectivity index (χ1) is 14.7. The first kappa shape index (κ1) is 19.4. The number of ether oxygens (including phenoxy) is 3. The van der Waals surface area contributed by atoms with Crippen LogP contribution in [0.15, 0.2) is 110 Å². The van der Waals surface area contributed by atoms with Crippen molar-refractivity contribution >= 4 is 0 Å². The Hall–Kier alpha value is -3.92. The third-order valence-electron chi connectivity index (χ3n) is 4.88. The highest BCUT2D eigenvalue weighted by Gasteiger charge is 2.22. The summed E-state index contributed by atoms with van der Waals surface area (Å²) in [5, 5.41) is 3.30. The maximum atomic E-state index is 5.90. The summed E-state index contributed by atoms with van der Waals surface area (Å²) >= 11 is 0. The SMILES string of the molecule is C=CC1=C(C=C)OC(c2ccc(-c3ccc(Oc4ccc(OC)cc4)cc3)cc2)N1. The van der Waals surface area contributed by atoms with Crippen LogP contribution in [0, 0.1) is 0 Å². The van der Waals surface area contributed by atoms with E-state index in [2.05, 4.69) is 42.7 Å². The maximum Gasteiger partial charge on any atom is 0.196 e. The van der Waals surface area contributed by atoms with Gasteiger partial charge in [0.1, 0.15) is 23.0 Å². The highest BCUT2D eigenvalue weighted by molar-refractivity contribution is 5.64. The Morgan fingerprint density at radius 2 is 1.30 bits per heavy atom. The lowest BCUT2D eigenvalue weighted by Crippen LogP contribution is -2.14. The Balaban J connectivity index is 1.43. The van der Waals surface area contributed by atoms with Crippen LogP contribution in [0.4, 0.5) is 0 Å². The van der Waals surface area contributed by atoms with Crippen LogP contribution < -0.4 is 14.8 Å². The molecule has 0 fully saturated rings. The average Bonchev–Trinajstić information content (AvgIpc) is 3.24. The van der Waals surface area contributed by atoms with Crippen molar-refractivity contribution in [1.29, 1.82) is 0 Å². The zero-order valence-corrected chi connectivity index (χ0v) is 16.8. The summed E-state index contributed by atoms with van der Waals surface area (Å²) < 4.78 is 17.0. The zero-order valence-electron chi connectivity index (χ0n) is 16.8. The standard InChI is InChI=1S/C26H23NO3/c1-4-24-25(5-2)30-26(27-24)20-8-6-18(7-9-20)19-10-12-22(13-11-19)29-23-16-14-21(28-3)15-17-23/h4-17,26-27H,1-2H2,3H3. The first-order valence-electron chi connectivity index (χ1n) is 9.65. The Morgan fingerprint density at radius 1 is 0.767 bits per heavy atom. The van der Waals surface area contributed by atoms with E-state index in [4.69, 9.17) is 14.2 Å². The molecule has 1 heterocycles. The van der Waals surface area contributed by atoms with Crippen molar-refractivity contribution in [2.24, 2.45) is 0 Å². The van der Waals surface area contributed by atoms with Gasteiger partial charge in [-0.2, -0.15) is 0 Å². The Bertz CT molecular complexity index is 1040. The monoisotopic (exact) mass is 397 g/mol. The van der Waals surface area contributed by atoms with E-state index in [1.54, 1.807) is 19.3 Å². The van der Waals surface area contributed by atoms with Crippen LogP contribution in [0.25, 0.3) is 11.1 Å². The van der Waals surface area contributed by atoms with Crippen LogP contribution in [-0.2, 0) is 4.74 Å². The molecule has 1 N–H and O–H groups in total. The van der Waals surface area contributed by atoms with Gasteiger partial charge in [-0.25, -0.2) is 0 Å². The summed E-state index contributed by atoms with van der Waals surface area (Å²) in [6, 6.07) is 23.8. The molecule has 0 radical (unpaired) electrons. The van der Waals surface area contributed by atoms with Gasteiger partial charge in [-0.3, -0.25) is 0 Å². The van der Waals surface area contributed by atoms with Crippen LogP contribution in [0.5, 0.6) is 17.2 Å². The second-order valence-corrected chi connectivity index (χ2v) is 6.75. The molecule has 1 unspecified atom stereocenters. The third-order valence-corrected chi connectivity index (χ3v) is 4.88. The molecule has 0 saturated heterocycles. The van der Waals surface area contributed by atoms with Crippen LogP contribution in [0.3, 0.4) is 0 Å². The fraction of sp³-hybridized carbons (Fsp3) is 0.0769. The van der Waals surface area contributed by atoms with E-state index in [0.717, 1.165) is 39.6 Å². The lowest BCUT2D eigenvalue weighted by Gasteiger charge is -2.14. The number of allylic oxidation sites excluding steroid dienone is 2. The Labute approximate surface area is 176 Å². The maximum absolute atomic E-state index is 5.90. The fourth-order valence-corrected chi connectivity index (χ4v) is 3.25. The molecule has 30 heavy (non-hydrogen) atoms. The molecule has 3 aromatic carbocycles. The Morgan fingerprint density at radius 3 is 1.80 bits per heavy atom. The topological polar surface area (TPSA) is 39.7 Å². The molecule has 0 saturated carbocycles. The normalized spacial score (nSPS) is 15.2. The van der Waals surface area contributed by atoms with E-state index < -0.39 is 0 Å². The summed E-state index contributed by atoms with van der Waals surface area (Å²) in [7, 11) is 1.65. The number of benzene rings is 3. The van der Waals surface area contributed by atoms with E-state index in [-0.39, 0.29) is 6.23 Å². The molecule has 0 aliphatic carbocycles. The molecule has 3 aromatic rings. The predicted octanol–water partition coefficient (Wildman–Crippen LogP) is 6.36. The lowest BCUT2D eigenvalue weighted by molar-refractivity contribution is 0.137. The minimum absolute atomic E-state index is 0.236. The summed E-state index contributed by atoms with van der Waals surface area (Å²) in [5.74, 6) is 3.07. The molecule has 1 aliphatic heterocycles. The minimum atomic E-state index is -0.236. The predicted molar refractivity (Wildman–Crippen MR) is 119 cm³/mol. The molecule has 0 bridgehead atoms. The van der Waals surface area contributed by atoms with Gasteiger partial charge >= 0.3 is 0 Å². The van der Waals surface area contributed by atoms with Gasteiger partial charge in [-0.1, -0.05) is 49.6 Å². The second kappa shape index (κ2) is 8.62. The molecule has 0 aromatic heterocycles. The van der Waals surface area contributed by atoms with Crippen LogP contribution >= 0.6 is 0 Å². The average molecular weight is 397 g/mol. The second-order valence-electron chi connectivity index (χ2n) is 6.75. The van der Waals surface area contributed by atoms with Crippen molar-refractivity contribution < 1.29 is 14.2 Å². The number of hydrogen-bond acceptors (Lipinski definition) is 4. The molecular formula is C26H23NO3. The smallest absolute Gasteiger partial charge is 0.196 e. The van der Waals surface area contributed by atoms with E-state index in [1.807, 2.05) is 48.5 Å². The van der Waals surface area contributed by atoms with Crippen molar-refractivity contribution in [3.8, 4) is 28.4 Å². The summed E-state index contributed by atoms with van der Waals surface area (Å²) in [6.45, 7) is 7.58. The molecular weight excluding hydrogens is 374 g/mol. The minimum Gasteiger partial charge on any atom is -0.497 e. The molecule has 0 amide bonds. The van der Waals surface area contributed by atoms with Crippen molar-refractivity contribution in [3.05, 3.63) is 115 Å². The van der Waals surface area contributed by atoms with Crippen molar-refractivity contribution in [3.63, 3.8) is 0 Å². The largest absolute Gasteiger partial charge is 0.497 e. The summed E-state index contributed by atoms with van der Waals surface area (Å²) in [4.78, 5) is 0. The van der Waals surface area contributed by atoms with Gasteiger partial charge in [0.05, 0.1) is 12.8 Å². The zero-order chi connectivity index (χ0) is 20.9. The van der Waals surface area contributed by atoms with Gasteiger partial charge in [0, 0.05) is 5.56 Å². The number of hydrogen-bond donors (Lipinski definition) is 1. The van der Waals surface area contributed by atoms with Crippen molar-refractivity contribution in [2.75, 3.05) is 7.11 Å². The quantitative estimate of drug-likeness (QED) is 0.504. The molecule has 4 nitrogen and oxygen atoms in total.